The van der Waals surface area contributed by atoms with Crippen LogP contribution in [0.15, 0.2) is 24.5 Å². The lowest BCUT2D eigenvalue weighted by atomic mass is 10.1. The Bertz CT molecular complexity index is 753. The molecule has 1 aliphatic heterocycles. The Morgan fingerprint density at radius 1 is 1.44 bits per heavy atom. The highest BCUT2D eigenvalue weighted by Crippen LogP contribution is 2.30. The van der Waals surface area contributed by atoms with Crippen molar-refractivity contribution in [3.8, 4) is 0 Å². The molecule has 2 atom stereocenters. The Kier molecular flexibility index (Phi) is 4.72. The molecule has 25 heavy (non-hydrogen) atoms. The standard InChI is InChI=1S/C19H25N3O3/c1-13-3-2-7-22-15(10-20-19(13)22)9-18(23)21-16-12-24-8-6-17(16)25-11-14-4-5-14/h2-3,7,10,14,16-17H,4-6,8-9,11-12H2,1H3,(H,21,23)/t16-,17+/m1/s1. The van der Waals surface area contributed by atoms with Gasteiger partial charge < -0.3 is 19.2 Å². The maximum atomic E-state index is 12.5. The van der Waals surface area contributed by atoms with Crippen LogP contribution >= 0.6 is 0 Å². The first-order valence-corrected chi connectivity index (χ1v) is 9.11. The van der Waals surface area contributed by atoms with E-state index < -0.39 is 0 Å². The topological polar surface area (TPSA) is 64.9 Å². The van der Waals surface area contributed by atoms with Crippen molar-refractivity contribution in [3.05, 3.63) is 35.8 Å². The number of carbonyl (C=O) groups is 1. The number of amides is 1. The normalized spacial score (nSPS) is 23.7. The number of nitrogens with zero attached hydrogens (tertiary/aromatic N) is 2. The molecule has 1 saturated carbocycles. The molecule has 0 spiro atoms. The lowest BCUT2D eigenvalue weighted by Crippen LogP contribution is -2.51. The summed E-state index contributed by atoms with van der Waals surface area (Å²) in [4.78, 5) is 17.0. The van der Waals surface area contributed by atoms with E-state index in [2.05, 4.69) is 10.3 Å². The van der Waals surface area contributed by atoms with E-state index in [1.165, 1.54) is 12.8 Å². The van der Waals surface area contributed by atoms with Gasteiger partial charge in [-0.25, -0.2) is 4.98 Å². The quantitative estimate of drug-likeness (QED) is 0.870. The predicted octanol–water partition coefficient (Wildman–Crippen LogP) is 1.89. The molecule has 0 radical (unpaired) electrons. The summed E-state index contributed by atoms with van der Waals surface area (Å²) in [6.45, 7) is 4.05. The van der Waals surface area contributed by atoms with Gasteiger partial charge in [0.15, 0.2) is 0 Å². The molecule has 2 aromatic heterocycles. The van der Waals surface area contributed by atoms with E-state index in [0.29, 0.717) is 19.6 Å². The van der Waals surface area contributed by atoms with E-state index in [9.17, 15) is 4.79 Å². The minimum Gasteiger partial charge on any atom is -0.379 e. The van der Waals surface area contributed by atoms with Crippen molar-refractivity contribution >= 4 is 11.6 Å². The predicted molar refractivity (Wildman–Crippen MR) is 93.5 cm³/mol. The van der Waals surface area contributed by atoms with Crippen molar-refractivity contribution in [3.63, 3.8) is 0 Å². The van der Waals surface area contributed by atoms with E-state index in [0.717, 1.165) is 35.9 Å². The van der Waals surface area contributed by atoms with E-state index in [1.54, 1.807) is 6.20 Å². The summed E-state index contributed by atoms with van der Waals surface area (Å²) in [6.07, 6.45) is 7.47. The van der Waals surface area contributed by atoms with Crippen molar-refractivity contribution in [1.82, 2.24) is 14.7 Å². The van der Waals surface area contributed by atoms with Crippen molar-refractivity contribution < 1.29 is 14.3 Å². The van der Waals surface area contributed by atoms with Gasteiger partial charge in [-0.3, -0.25) is 4.79 Å². The fraction of sp³-hybridized carbons (Fsp3) is 0.579. The highest BCUT2D eigenvalue weighted by Gasteiger charge is 2.30. The minimum absolute atomic E-state index is 0.0150. The molecule has 0 aromatic carbocycles. The zero-order valence-electron chi connectivity index (χ0n) is 14.6. The van der Waals surface area contributed by atoms with Crippen molar-refractivity contribution in [2.75, 3.05) is 19.8 Å². The lowest BCUT2D eigenvalue weighted by Gasteiger charge is -2.32. The zero-order valence-corrected chi connectivity index (χ0v) is 14.6. The van der Waals surface area contributed by atoms with E-state index >= 15 is 0 Å². The van der Waals surface area contributed by atoms with Crippen LogP contribution in [-0.4, -0.2) is 47.3 Å². The van der Waals surface area contributed by atoms with Gasteiger partial charge in [-0.1, -0.05) is 6.07 Å². The summed E-state index contributed by atoms with van der Waals surface area (Å²) in [7, 11) is 0. The largest absolute Gasteiger partial charge is 0.379 e. The number of pyridine rings is 1. The van der Waals surface area contributed by atoms with Gasteiger partial charge in [-0.15, -0.1) is 0 Å². The maximum Gasteiger partial charge on any atom is 0.226 e. The van der Waals surface area contributed by atoms with Crippen LogP contribution in [0.25, 0.3) is 5.65 Å². The van der Waals surface area contributed by atoms with Gasteiger partial charge in [0.25, 0.3) is 0 Å². The average molecular weight is 343 g/mol. The number of fused-ring (bicyclic) bond motifs is 1. The number of imidazole rings is 1. The molecule has 2 fully saturated rings. The number of hydrogen-bond donors (Lipinski definition) is 1. The number of nitrogens with one attached hydrogen (secondary N) is 1. The smallest absolute Gasteiger partial charge is 0.226 e. The number of carbonyl (C=O) groups excluding carboxylic acids is 1. The SMILES string of the molecule is Cc1cccn2c(CC(=O)N[C@@H]3COCC[C@@H]3OCC3CC3)cnc12. The van der Waals surface area contributed by atoms with Gasteiger partial charge in [-0.05, 0) is 43.7 Å². The first kappa shape index (κ1) is 16.5. The molecular weight excluding hydrogens is 318 g/mol. The number of rotatable bonds is 6. The molecule has 1 saturated heterocycles. The average Bonchev–Trinajstić information content (AvgIpc) is 3.35. The van der Waals surface area contributed by atoms with E-state index in [1.807, 2.05) is 29.7 Å². The second-order valence-corrected chi connectivity index (χ2v) is 7.16. The molecule has 6 nitrogen and oxygen atoms in total. The zero-order chi connectivity index (χ0) is 17.2. The highest BCUT2D eigenvalue weighted by molar-refractivity contribution is 5.78. The third-order valence-electron chi connectivity index (χ3n) is 5.03. The molecule has 6 heteroatoms. The molecule has 4 rings (SSSR count). The molecule has 2 aliphatic rings. The van der Waals surface area contributed by atoms with Gasteiger partial charge in [0.2, 0.25) is 5.91 Å². The monoisotopic (exact) mass is 343 g/mol. The Morgan fingerprint density at radius 3 is 3.16 bits per heavy atom. The Hall–Kier alpha value is -1.92. The Labute approximate surface area is 147 Å². The van der Waals surface area contributed by atoms with Gasteiger partial charge in [0.05, 0.1) is 30.9 Å². The molecule has 2 aromatic rings. The van der Waals surface area contributed by atoms with Gasteiger partial charge in [-0.2, -0.15) is 0 Å². The number of aromatic nitrogens is 2. The number of ether oxygens (including phenoxy) is 2. The summed E-state index contributed by atoms with van der Waals surface area (Å²) >= 11 is 0. The summed E-state index contributed by atoms with van der Waals surface area (Å²) in [5, 5.41) is 3.10. The summed E-state index contributed by atoms with van der Waals surface area (Å²) in [6, 6.07) is 3.93. The first-order valence-electron chi connectivity index (χ1n) is 9.11. The van der Waals surface area contributed by atoms with Crippen molar-refractivity contribution in [1.29, 1.82) is 0 Å². The van der Waals surface area contributed by atoms with Crippen LogP contribution in [-0.2, 0) is 20.7 Å². The minimum atomic E-state index is -0.0686. The Morgan fingerprint density at radius 2 is 2.32 bits per heavy atom. The molecule has 134 valence electrons. The molecule has 1 aliphatic carbocycles. The first-order chi connectivity index (χ1) is 12.2. The molecular formula is C19H25N3O3. The fourth-order valence-electron chi connectivity index (χ4n) is 3.35. The number of hydrogen-bond acceptors (Lipinski definition) is 4. The van der Waals surface area contributed by atoms with Crippen LogP contribution in [0.3, 0.4) is 0 Å². The van der Waals surface area contributed by atoms with Gasteiger partial charge >= 0.3 is 0 Å². The highest BCUT2D eigenvalue weighted by atomic mass is 16.5. The second-order valence-electron chi connectivity index (χ2n) is 7.16. The maximum absolute atomic E-state index is 12.5. The summed E-state index contributed by atoms with van der Waals surface area (Å²) < 4.78 is 13.6. The van der Waals surface area contributed by atoms with Crippen molar-refractivity contribution in [2.45, 2.75) is 44.8 Å². The molecule has 0 bridgehead atoms. The summed E-state index contributed by atoms with van der Waals surface area (Å²) in [5.41, 5.74) is 2.89. The second kappa shape index (κ2) is 7.14. The molecule has 0 unspecified atom stereocenters. The molecule has 3 heterocycles. The van der Waals surface area contributed by atoms with Crippen LogP contribution < -0.4 is 5.32 Å². The lowest BCUT2D eigenvalue weighted by molar-refractivity contribution is -0.125. The third kappa shape index (κ3) is 3.85. The fourth-order valence-corrected chi connectivity index (χ4v) is 3.35. The van der Waals surface area contributed by atoms with Crippen LogP contribution in [0.4, 0.5) is 0 Å². The Balaban J connectivity index is 1.38. The third-order valence-corrected chi connectivity index (χ3v) is 5.03. The van der Waals surface area contributed by atoms with E-state index in [4.69, 9.17) is 9.47 Å². The van der Waals surface area contributed by atoms with E-state index in [-0.39, 0.29) is 18.1 Å². The summed E-state index contributed by atoms with van der Waals surface area (Å²) in [5.74, 6) is 0.708. The molecule has 1 amide bonds. The van der Waals surface area contributed by atoms with Crippen molar-refractivity contribution in [2.24, 2.45) is 5.92 Å². The van der Waals surface area contributed by atoms with Gasteiger partial charge in [0, 0.05) is 25.6 Å². The van der Waals surface area contributed by atoms with Crippen LogP contribution in [0.1, 0.15) is 30.5 Å². The van der Waals surface area contributed by atoms with Crippen LogP contribution in [0.2, 0.25) is 0 Å². The number of aryl methyl sites for hydroxylation is 1. The van der Waals surface area contributed by atoms with Crippen LogP contribution in [0.5, 0.6) is 0 Å². The van der Waals surface area contributed by atoms with Gasteiger partial charge in [0.1, 0.15) is 5.65 Å². The van der Waals surface area contributed by atoms with Crippen LogP contribution in [0, 0.1) is 12.8 Å². The molecule has 1 N–H and O–H groups in total.